The van der Waals surface area contributed by atoms with Crippen LogP contribution >= 0.6 is 0 Å². The number of piperazine rings is 1. The van der Waals surface area contributed by atoms with Crippen molar-refractivity contribution in [3.05, 3.63) is 29.8 Å². The van der Waals surface area contributed by atoms with Gasteiger partial charge in [0.15, 0.2) is 0 Å². The van der Waals surface area contributed by atoms with Crippen molar-refractivity contribution in [3.63, 3.8) is 0 Å². The maximum Gasteiger partial charge on any atom is 0.234 e. The predicted molar refractivity (Wildman–Crippen MR) is 92.3 cm³/mol. The van der Waals surface area contributed by atoms with Gasteiger partial charge in [0.1, 0.15) is 0 Å². The summed E-state index contributed by atoms with van der Waals surface area (Å²) in [7, 11) is 0. The number of nitrogens with one attached hydrogen (secondary N) is 1. The van der Waals surface area contributed by atoms with Crippen molar-refractivity contribution in [2.45, 2.75) is 33.7 Å². The maximum atomic E-state index is 12.1. The Morgan fingerprint density at radius 2 is 1.77 bits per heavy atom. The van der Waals surface area contributed by atoms with Crippen LogP contribution in [0.25, 0.3) is 0 Å². The molecule has 22 heavy (non-hydrogen) atoms. The molecule has 1 aliphatic heterocycles. The average Bonchev–Trinajstić information content (AvgIpc) is 2.48. The van der Waals surface area contributed by atoms with Gasteiger partial charge in [0, 0.05) is 37.9 Å². The summed E-state index contributed by atoms with van der Waals surface area (Å²) < 4.78 is 0. The first-order valence-corrected chi connectivity index (χ1v) is 8.29. The minimum absolute atomic E-state index is 0.144. The Morgan fingerprint density at radius 1 is 1.14 bits per heavy atom. The predicted octanol–water partition coefficient (Wildman–Crippen LogP) is 2.28. The summed E-state index contributed by atoms with van der Waals surface area (Å²) in [4.78, 5) is 16.7. The second-order valence-corrected chi connectivity index (χ2v) is 6.65. The summed E-state index contributed by atoms with van der Waals surface area (Å²) in [6.45, 7) is 12.9. The fourth-order valence-electron chi connectivity index (χ4n) is 2.73. The largest absolute Gasteiger partial charge is 0.369 e. The van der Waals surface area contributed by atoms with E-state index in [1.165, 1.54) is 11.3 Å². The number of carbonyl (C=O) groups is 1. The Morgan fingerprint density at radius 3 is 2.36 bits per heavy atom. The van der Waals surface area contributed by atoms with E-state index >= 15 is 0 Å². The first kappa shape index (κ1) is 16.8. The van der Waals surface area contributed by atoms with Crippen LogP contribution in [0.3, 0.4) is 0 Å². The molecule has 122 valence electrons. The third-order valence-electron chi connectivity index (χ3n) is 4.58. The van der Waals surface area contributed by atoms with Crippen LogP contribution in [0.5, 0.6) is 0 Å². The van der Waals surface area contributed by atoms with Crippen LogP contribution in [0.1, 0.15) is 26.3 Å². The van der Waals surface area contributed by atoms with Gasteiger partial charge in [-0.1, -0.05) is 32.0 Å². The second-order valence-electron chi connectivity index (χ2n) is 6.65. The third kappa shape index (κ3) is 4.47. The van der Waals surface area contributed by atoms with E-state index in [9.17, 15) is 4.79 Å². The van der Waals surface area contributed by atoms with Gasteiger partial charge < -0.3 is 10.2 Å². The molecule has 1 atom stereocenters. The summed E-state index contributed by atoms with van der Waals surface area (Å²) >= 11 is 0. The van der Waals surface area contributed by atoms with Crippen LogP contribution in [0.2, 0.25) is 0 Å². The summed E-state index contributed by atoms with van der Waals surface area (Å²) in [5.74, 6) is 0.618. The Labute approximate surface area is 134 Å². The van der Waals surface area contributed by atoms with Gasteiger partial charge in [-0.2, -0.15) is 0 Å². The van der Waals surface area contributed by atoms with Crippen molar-refractivity contribution in [3.8, 4) is 0 Å². The van der Waals surface area contributed by atoms with Gasteiger partial charge in [-0.15, -0.1) is 0 Å². The molecule has 0 aliphatic carbocycles. The van der Waals surface area contributed by atoms with Crippen molar-refractivity contribution in [2.75, 3.05) is 37.6 Å². The van der Waals surface area contributed by atoms with Crippen molar-refractivity contribution in [2.24, 2.45) is 5.92 Å². The Hall–Kier alpha value is -1.55. The monoisotopic (exact) mass is 303 g/mol. The van der Waals surface area contributed by atoms with Gasteiger partial charge in [0.25, 0.3) is 0 Å². The molecule has 0 saturated carbocycles. The van der Waals surface area contributed by atoms with Gasteiger partial charge in [0.05, 0.1) is 6.54 Å². The zero-order valence-electron chi connectivity index (χ0n) is 14.3. The molecule has 0 radical (unpaired) electrons. The van der Waals surface area contributed by atoms with Gasteiger partial charge in [-0.05, 0) is 31.4 Å². The molecule has 1 amide bonds. The highest BCUT2D eigenvalue weighted by atomic mass is 16.2. The van der Waals surface area contributed by atoms with Crippen molar-refractivity contribution >= 4 is 11.6 Å². The van der Waals surface area contributed by atoms with E-state index in [1.807, 2.05) is 0 Å². The van der Waals surface area contributed by atoms with Crippen molar-refractivity contribution in [1.29, 1.82) is 0 Å². The quantitative estimate of drug-likeness (QED) is 0.906. The number of hydrogen-bond donors (Lipinski definition) is 1. The molecule has 1 aromatic carbocycles. The Kier molecular flexibility index (Phi) is 5.83. The standard InChI is InChI=1S/C18H29N3O/c1-14(2)16(4)19-18(22)13-20-9-11-21(12-10-20)17-8-6-5-7-15(17)3/h5-8,14,16H,9-13H2,1-4H3,(H,19,22)/t16-/m0/s1. The maximum absolute atomic E-state index is 12.1. The minimum atomic E-state index is 0.144. The lowest BCUT2D eigenvalue weighted by atomic mass is 10.1. The number of aryl methyl sites for hydroxylation is 1. The van der Waals surface area contributed by atoms with Gasteiger partial charge in [-0.25, -0.2) is 0 Å². The van der Waals surface area contributed by atoms with E-state index in [0.717, 1.165) is 26.2 Å². The number of anilines is 1. The molecule has 1 fully saturated rings. The van der Waals surface area contributed by atoms with Crippen LogP contribution in [-0.4, -0.2) is 49.6 Å². The van der Waals surface area contributed by atoms with Crippen molar-refractivity contribution < 1.29 is 4.79 Å². The third-order valence-corrected chi connectivity index (χ3v) is 4.58. The molecule has 4 nitrogen and oxygen atoms in total. The minimum Gasteiger partial charge on any atom is -0.369 e. The number of benzene rings is 1. The summed E-state index contributed by atoms with van der Waals surface area (Å²) in [5, 5.41) is 3.08. The molecule has 4 heteroatoms. The number of para-hydroxylation sites is 1. The van der Waals surface area contributed by atoms with E-state index in [4.69, 9.17) is 0 Å². The Bertz CT molecular complexity index is 493. The molecule has 1 aliphatic rings. The molecule has 1 saturated heterocycles. The summed E-state index contributed by atoms with van der Waals surface area (Å²) in [6.07, 6.45) is 0. The fraction of sp³-hybridized carbons (Fsp3) is 0.611. The zero-order chi connectivity index (χ0) is 16.1. The number of nitrogens with zero attached hydrogens (tertiary/aromatic N) is 2. The summed E-state index contributed by atoms with van der Waals surface area (Å²) in [6, 6.07) is 8.75. The van der Waals surface area contributed by atoms with Gasteiger partial charge in [0.2, 0.25) is 5.91 Å². The highest BCUT2D eigenvalue weighted by Crippen LogP contribution is 2.20. The van der Waals surface area contributed by atoms with E-state index in [1.54, 1.807) is 0 Å². The highest BCUT2D eigenvalue weighted by Gasteiger charge is 2.20. The molecule has 1 aromatic rings. The lowest BCUT2D eigenvalue weighted by Gasteiger charge is -2.36. The molecule has 0 aromatic heterocycles. The van der Waals surface area contributed by atoms with E-state index in [2.05, 4.69) is 67.1 Å². The fourth-order valence-corrected chi connectivity index (χ4v) is 2.73. The molecule has 0 unspecified atom stereocenters. The highest BCUT2D eigenvalue weighted by molar-refractivity contribution is 5.78. The Balaban J connectivity index is 1.80. The average molecular weight is 303 g/mol. The van der Waals surface area contributed by atoms with E-state index in [-0.39, 0.29) is 11.9 Å². The van der Waals surface area contributed by atoms with Crippen LogP contribution in [0.4, 0.5) is 5.69 Å². The molecule has 1 heterocycles. The SMILES string of the molecule is Cc1ccccc1N1CCN(CC(=O)N[C@@H](C)C(C)C)CC1. The lowest BCUT2D eigenvalue weighted by molar-refractivity contribution is -0.123. The van der Waals surface area contributed by atoms with Crippen LogP contribution in [0, 0.1) is 12.8 Å². The van der Waals surface area contributed by atoms with Crippen molar-refractivity contribution in [1.82, 2.24) is 10.2 Å². The smallest absolute Gasteiger partial charge is 0.234 e. The normalized spacial score (nSPS) is 17.6. The lowest BCUT2D eigenvalue weighted by Crippen LogP contribution is -2.50. The molecular weight excluding hydrogens is 274 g/mol. The number of amides is 1. The second kappa shape index (κ2) is 7.63. The number of carbonyl (C=O) groups excluding carboxylic acids is 1. The van der Waals surface area contributed by atoms with Gasteiger partial charge >= 0.3 is 0 Å². The summed E-state index contributed by atoms with van der Waals surface area (Å²) in [5.41, 5.74) is 2.64. The number of rotatable bonds is 5. The zero-order valence-corrected chi connectivity index (χ0v) is 14.3. The van der Waals surface area contributed by atoms with E-state index in [0.29, 0.717) is 12.5 Å². The molecular formula is C18H29N3O. The van der Waals surface area contributed by atoms with Crippen LogP contribution in [-0.2, 0) is 4.79 Å². The molecule has 0 spiro atoms. The van der Waals surface area contributed by atoms with E-state index < -0.39 is 0 Å². The first-order valence-electron chi connectivity index (χ1n) is 8.29. The molecule has 0 bridgehead atoms. The van der Waals surface area contributed by atoms with Gasteiger partial charge in [-0.3, -0.25) is 9.69 Å². The molecule has 1 N–H and O–H groups in total. The molecule has 2 rings (SSSR count). The van der Waals surface area contributed by atoms with Crippen LogP contribution < -0.4 is 10.2 Å². The number of hydrogen-bond acceptors (Lipinski definition) is 3. The topological polar surface area (TPSA) is 35.6 Å². The first-order chi connectivity index (χ1) is 10.5. The van der Waals surface area contributed by atoms with Crippen LogP contribution in [0.15, 0.2) is 24.3 Å².